The Kier molecular flexibility index (Phi) is 4.67. The third-order valence-corrected chi connectivity index (χ3v) is 4.88. The van der Waals surface area contributed by atoms with Gasteiger partial charge in [-0.05, 0) is 30.7 Å². The molecule has 23 heavy (non-hydrogen) atoms. The number of thioether (sulfide) groups is 1. The molecule has 0 aliphatic carbocycles. The first-order valence-electron chi connectivity index (χ1n) is 7.47. The Labute approximate surface area is 139 Å². The molecule has 118 valence electrons. The number of nitrogens with one attached hydrogen (secondary N) is 1. The van der Waals surface area contributed by atoms with Crippen molar-refractivity contribution in [3.05, 3.63) is 65.7 Å². The van der Waals surface area contributed by atoms with Crippen molar-refractivity contribution in [1.29, 1.82) is 0 Å². The maximum absolute atomic E-state index is 12.6. The second-order valence-electron chi connectivity index (χ2n) is 5.46. The molecular formula is C18H18N2O2S. The van der Waals surface area contributed by atoms with Gasteiger partial charge in [0.15, 0.2) is 0 Å². The summed E-state index contributed by atoms with van der Waals surface area (Å²) in [6.07, 6.45) is 0. The summed E-state index contributed by atoms with van der Waals surface area (Å²) in [6, 6.07) is 16.3. The number of para-hydroxylation sites is 1. The highest BCUT2D eigenvalue weighted by molar-refractivity contribution is 7.99. The zero-order valence-electron chi connectivity index (χ0n) is 12.9. The smallest absolute Gasteiger partial charge is 0.255 e. The molecule has 1 aliphatic rings. The zero-order valence-corrected chi connectivity index (χ0v) is 13.7. The van der Waals surface area contributed by atoms with Crippen molar-refractivity contribution in [1.82, 2.24) is 4.90 Å². The van der Waals surface area contributed by atoms with Gasteiger partial charge < -0.3 is 10.2 Å². The second kappa shape index (κ2) is 6.87. The fourth-order valence-corrected chi connectivity index (χ4v) is 3.69. The Bertz CT molecular complexity index is 718. The number of carbonyl (C=O) groups excluding carboxylic acids is 2. The Balaban J connectivity index is 1.75. The predicted molar refractivity (Wildman–Crippen MR) is 93.5 cm³/mol. The Morgan fingerprint density at radius 1 is 1.09 bits per heavy atom. The normalized spacial score (nSPS) is 17.1. The average molecular weight is 326 g/mol. The van der Waals surface area contributed by atoms with E-state index in [-0.39, 0.29) is 11.8 Å². The molecular weight excluding hydrogens is 308 g/mol. The molecule has 0 aromatic heterocycles. The first kappa shape index (κ1) is 15.6. The first-order valence-corrected chi connectivity index (χ1v) is 8.62. The summed E-state index contributed by atoms with van der Waals surface area (Å²) < 4.78 is 0. The van der Waals surface area contributed by atoms with Gasteiger partial charge in [0.1, 0.15) is 6.04 Å². The predicted octanol–water partition coefficient (Wildman–Crippen LogP) is 3.15. The second-order valence-corrected chi connectivity index (χ2v) is 6.46. The van der Waals surface area contributed by atoms with Crippen molar-refractivity contribution in [2.24, 2.45) is 0 Å². The molecule has 0 spiro atoms. The van der Waals surface area contributed by atoms with Crippen LogP contribution in [-0.2, 0) is 4.79 Å². The zero-order chi connectivity index (χ0) is 16.2. The van der Waals surface area contributed by atoms with Crippen molar-refractivity contribution >= 4 is 29.3 Å². The van der Waals surface area contributed by atoms with E-state index in [2.05, 4.69) is 5.32 Å². The van der Waals surface area contributed by atoms with Gasteiger partial charge >= 0.3 is 0 Å². The molecule has 0 bridgehead atoms. The van der Waals surface area contributed by atoms with Crippen LogP contribution in [0.1, 0.15) is 15.9 Å². The first-order chi connectivity index (χ1) is 11.2. The third-order valence-electron chi connectivity index (χ3n) is 3.87. The maximum atomic E-state index is 12.6. The highest BCUT2D eigenvalue weighted by Gasteiger charge is 2.35. The summed E-state index contributed by atoms with van der Waals surface area (Å²) in [7, 11) is 0. The lowest BCUT2D eigenvalue weighted by atomic mass is 10.1. The fourth-order valence-electron chi connectivity index (χ4n) is 2.54. The molecule has 1 aliphatic heterocycles. The number of carbonyl (C=O) groups is 2. The number of benzene rings is 2. The number of hydrogen-bond donors (Lipinski definition) is 1. The van der Waals surface area contributed by atoms with Crippen LogP contribution < -0.4 is 5.32 Å². The van der Waals surface area contributed by atoms with Crippen LogP contribution in [0.25, 0.3) is 0 Å². The van der Waals surface area contributed by atoms with Crippen molar-refractivity contribution in [3.8, 4) is 0 Å². The van der Waals surface area contributed by atoms with Gasteiger partial charge in [0.05, 0.1) is 5.88 Å². The van der Waals surface area contributed by atoms with E-state index >= 15 is 0 Å². The van der Waals surface area contributed by atoms with Crippen molar-refractivity contribution in [2.75, 3.05) is 16.9 Å². The number of rotatable bonds is 3. The van der Waals surface area contributed by atoms with Gasteiger partial charge in [0, 0.05) is 17.0 Å². The summed E-state index contributed by atoms with van der Waals surface area (Å²) >= 11 is 1.60. The van der Waals surface area contributed by atoms with E-state index in [0.717, 1.165) is 11.3 Å². The molecule has 1 saturated heterocycles. The van der Waals surface area contributed by atoms with Gasteiger partial charge in [-0.15, -0.1) is 11.8 Å². The quantitative estimate of drug-likeness (QED) is 0.942. The van der Waals surface area contributed by atoms with Crippen molar-refractivity contribution in [2.45, 2.75) is 13.0 Å². The lowest BCUT2D eigenvalue weighted by molar-refractivity contribution is -0.119. The van der Waals surface area contributed by atoms with Crippen LogP contribution in [0, 0.1) is 6.92 Å². The Hall–Kier alpha value is -2.27. The van der Waals surface area contributed by atoms with E-state index in [4.69, 9.17) is 0 Å². The molecule has 0 radical (unpaired) electrons. The number of nitrogens with zero attached hydrogens (tertiary/aromatic N) is 1. The van der Waals surface area contributed by atoms with Crippen LogP contribution in [0.15, 0.2) is 54.6 Å². The van der Waals surface area contributed by atoms with Crippen LogP contribution in [-0.4, -0.2) is 34.4 Å². The van der Waals surface area contributed by atoms with E-state index in [1.54, 1.807) is 28.8 Å². The van der Waals surface area contributed by atoms with Gasteiger partial charge in [-0.25, -0.2) is 0 Å². The van der Waals surface area contributed by atoms with Crippen molar-refractivity contribution in [3.63, 3.8) is 0 Å². The molecule has 0 saturated carbocycles. The van der Waals surface area contributed by atoms with Crippen LogP contribution in [0.4, 0.5) is 5.69 Å². The third kappa shape index (κ3) is 3.40. The molecule has 0 unspecified atom stereocenters. The standard InChI is InChI=1S/C18H18N2O2S/c1-13-7-5-6-10-15(13)19-17(21)16-11-23-12-20(16)18(22)14-8-3-2-4-9-14/h2-10,16H,11-12H2,1H3,(H,19,21)/t16-/m0/s1. The van der Waals surface area contributed by atoms with Crippen LogP contribution in [0.5, 0.6) is 0 Å². The summed E-state index contributed by atoms with van der Waals surface area (Å²) in [4.78, 5) is 26.9. The topological polar surface area (TPSA) is 49.4 Å². The molecule has 5 heteroatoms. The summed E-state index contributed by atoms with van der Waals surface area (Å²) in [5, 5.41) is 2.94. The molecule has 3 rings (SSSR count). The van der Waals surface area contributed by atoms with Gasteiger partial charge in [-0.2, -0.15) is 0 Å². The fraction of sp³-hybridized carbons (Fsp3) is 0.222. The number of aryl methyl sites for hydroxylation is 1. The van der Waals surface area contributed by atoms with E-state index in [1.807, 2.05) is 49.4 Å². The van der Waals surface area contributed by atoms with Crippen LogP contribution in [0.3, 0.4) is 0 Å². The highest BCUT2D eigenvalue weighted by Crippen LogP contribution is 2.25. The summed E-state index contributed by atoms with van der Waals surface area (Å²) in [6.45, 7) is 1.95. The van der Waals surface area contributed by atoms with Gasteiger partial charge in [0.25, 0.3) is 5.91 Å². The van der Waals surface area contributed by atoms with Gasteiger partial charge in [-0.1, -0.05) is 36.4 Å². The SMILES string of the molecule is Cc1ccccc1NC(=O)[C@@H]1CSCN1C(=O)c1ccccc1. The van der Waals surface area contributed by atoms with E-state index in [9.17, 15) is 9.59 Å². The van der Waals surface area contributed by atoms with E-state index < -0.39 is 6.04 Å². The van der Waals surface area contributed by atoms with Crippen LogP contribution in [0.2, 0.25) is 0 Å². The highest BCUT2D eigenvalue weighted by atomic mass is 32.2. The lowest BCUT2D eigenvalue weighted by Gasteiger charge is -2.23. The minimum Gasteiger partial charge on any atom is -0.324 e. The van der Waals surface area contributed by atoms with E-state index in [0.29, 0.717) is 17.2 Å². The molecule has 2 amide bonds. The number of hydrogen-bond acceptors (Lipinski definition) is 3. The summed E-state index contributed by atoms with van der Waals surface area (Å²) in [5.41, 5.74) is 2.41. The molecule has 2 aromatic carbocycles. The minimum absolute atomic E-state index is 0.0967. The molecule has 4 nitrogen and oxygen atoms in total. The molecule has 2 aromatic rings. The summed E-state index contributed by atoms with van der Waals surface area (Å²) in [5.74, 6) is 0.935. The molecule has 1 heterocycles. The Morgan fingerprint density at radius 3 is 2.52 bits per heavy atom. The van der Waals surface area contributed by atoms with Gasteiger partial charge in [0.2, 0.25) is 5.91 Å². The largest absolute Gasteiger partial charge is 0.324 e. The monoisotopic (exact) mass is 326 g/mol. The van der Waals surface area contributed by atoms with E-state index in [1.165, 1.54) is 0 Å². The minimum atomic E-state index is -0.438. The number of anilines is 1. The maximum Gasteiger partial charge on any atom is 0.255 e. The number of amides is 2. The molecule has 1 fully saturated rings. The lowest BCUT2D eigenvalue weighted by Crippen LogP contribution is -2.44. The van der Waals surface area contributed by atoms with Crippen molar-refractivity contribution < 1.29 is 9.59 Å². The van der Waals surface area contributed by atoms with Crippen LogP contribution >= 0.6 is 11.8 Å². The molecule has 1 N–H and O–H groups in total. The average Bonchev–Trinajstić information content (AvgIpc) is 3.07. The molecule has 1 atom stereocenters. The Morgan fingerprint density at radius 2 is 1.78 bits per heavy atom. The van der Waals surface area contributed by atoms with Gasteiger partial charge in [-0.3, -0.25) is 9.59 Å².